The summed E-state index contributed by atoms with van der Waals surface area (Å²) in [5.41, 5.74) is 9.67. The van der Waals surface area contributed by atoms with Gasteiger partial charge in [-0.15, -0.1) is 0 Å². The predicted molar refractivity (Wildman–Crippen MR) is 239 cm³/mol. The minimum atomic E-state index is 0.577. The first-order chi connectivity index (χ1) is 28.7. The molecule has 0 unspecified atom stereocenters. The highest BCUT2D eigenvalue weighted by molar-refractivity contribution is 6.11. The number of fused-ring (bicyclic) bond motifs is 5. The highest BCUT2D eigenvalue weighted by Crippen LogP contribution is 2.43. The number of hydrogen-bond donors (Lipinski definition) is 0. The first-order valence-corrected chi connectivity index (χ1v) is 19.4. The highest BCUT2D eigenvalue weighted by Gasteiger charge is 2.21. The summed E-state index contributed by atoms with van der Waals surface area (Å²) in [6.07, 6.45) is 0. The summed E-state index contributed by atoms with van der Waals surface area (Å²) in [6.45, 7) is 0. The molecule has 272 valence electrons. The van der Waals surface area contributed by atoms with Crippen LogP contribution in [0.15, 0.2) is 211 Å². The number of nitrogens with zero attached hydrogens (tertiary/aromatic N) is 4. The number of benzene rings is 9. The number of para-hydroxylation sites is 2. The largest absolute Gasteiger partial charge is 0.454 e. The van der Waals surface area contributed by atoms with Gasteiger partial charge in [-0.3, -0.25) is 0 Å². The Morgan fingerprint density at radius 1 is 0.345 bits per heavy atom. The lowest BCUT2D eigenvalue weighted by molar-refractivity contribution is 0.669. The number of anilines is 3. The van der Waals surface area contributed by atoms with E-state index in [9.17, 15) is 0 Å². The first kappa shape index (κ1) is 33.4. The molecule has 0 aliphatic heterocycles. The lowest BCUT2D eigenvalue weighted by atomic mass is 10.0. The normalized spacial score (nSPS) is 11.4. The molecule has 0 saturated carbocycles. The fourth-order valence-corrected chi connectivity index (χ4v) is 8.12. The van der Waals surface area contributed by atoms with E-state index >= 15 is 0 Å². The van der Waals surface area contributed by atoms with E-state index in [1.54, 1.807) is 0 Å². The number of aromatic nitrogens is 3. The molecule has 0 saturated heterocycles. The average molecular weight is 743 g/mol. The molecule has 0 aliphatic rings. The summed E-state index contributed by atoms with van der Waals surface area (Å²) in [4.78, 5) is 17.8. The van der Waals surface area contributed by atoms with Crippen LogP contribution >= 0.6 is 0 Å². The monoisotopic (exact) mass is 742 g/mol. The van der Waals surface area contributed by atoms with Gasteiger partial charge >= 0.3 is 0 Å². The molecule has 9 aromatic carbocycles. The van der Waals surface area contributed by atoms with Crippen LogP contribution in [0.3, 0.4) is 0 Å². The van der Waals surface area contributed by atoms with Gasteiger partial charge in [0.05, 0.1) is 5.69 Å². The topological polar surface area (TPSA) is 55.1 Å². The Labute approximate surface area is 335 Å². The van der Waals surface area contributed by atoms with Crippen LogP contribution in [0.5, 0.6) is 0 Å². The van der Waals surface area contributed by atoms with Crippen LogP contribution in [-0.4, -0.2) is 15.0 Å². The minimum absolute atomic E-state index is 0.577. The first-order valence-electron chi connectivity index (χ1n) is 19.4. The van der Waals surface area contributed by atoms with Gasteiger partial charge < -0.3 is 9.32 Å². The maximum absolute atomic E-state index is 6.89. The van der Waals surface area contributed by atoms with Crippen molar-refractivity contribution in [1.29, 1.82) is 0 Å². The molecule has 58 heavy (non-hydrogen) atoms. The molecule has 0 aliphatic carbocycles. The van der Waals surface area contributed by atoms with Crippen molar-refractivity contribution in [3.05, 3.63) is 206 Å². The molecule has 0 spiro atoms. The van der Waals surface area contributed by atoms with Crippen LogP contribution in [0.25, 0.3) is 88.8 Å². The van der Waals surface area contributed by atoms with Gasteiger partial charge in [-0.2, -0.15) is 0 Å². The Morgan fingerprint density at radius 2 is 0.845 bits per heavy atom. The molecule has 5 nitrogen and oxygen atoms in total. The SMILES string of the molecule is c1ccc(-c2ccc(N(c3ccccc3)c3cccc4c3oc3cc(-c5nc(-c6cccc7ccccc67)nc(-c6cccc7ccccc67)n5)ccc34)cc2)cc1. The van der Waals surface area contributed by atoms with Crippen LogP contribution in [0.1, 0.15) is 0 Å². The van der Waals surface area contributed by atoms with Crippen molar-refractivity contribution in [1.82, 2.24) is 15.0 Å². The summed E-state index contributed by atoms with van der Waals surface area (Å²) in [7, 11) is 0. The molecule has 0 amide bonds. The molecule has 0 radical (unpaired) electrons. The highest BCUT2D eigenvalue weighted by atomic mass is 16.3. The third kappa shape index (κ3) is 5.85. The standard InChI is InChI=1S/C53H34N4O/c1-3-14-35(15-4-1)36-28-31-41(32-29-36)57(40-20-5-2-6-21-40)48-27-13-24-45-44-33-30-39(34-49(44)58-50(45)48)51-54-52(46-25-11-18-37-16-7-9-22-42(37)46)56-53(55-51)47-26-12-19-38-17-8-10-23-43(38)47/h1-34H. The molecule has 11 rings (SSSR count). The Kier molecular flexibility index (Phi) is 8.07. The van der Waals surface area contributed by atoms with Crippen molar-refractivity contribution in [2.24, 2.45) is 0 Å². The molecule has 0 fully saturated rings. The van der Waals surface area contributed by atoms with E-state index in [4.69, 9.17) is 19.4 Å². The molecule has 0 N–H and O–H groups in total. The maximum Gasteiger partial charge on any atom is 0.164 e. The molecular formula is C53H34N4O. The van der Waals surface area contributed by atoms with Gasteiger partial charge in [-0.1, -0.05) is 164 Å². The summed E-state index contributed by atoms with van der Waals surface area (Å²) in [6, 6.07) is 71.5. The second-order valence-electron chi connectivity index (χ2n) is 14.4. The molecular weight excluding hydrogens is 709 g/mol. The Balaban J connectivity index is 1.07. The molecule has 11 aromatic rings. The molecule has 0 bridgehead atoms. The quantitative estimate of drug-likeness (QED) is 0.163. The van der Waals surface area contributed by atoms with Gasteiger partial charge in [-0.05, 0) is 75.1 Å². The average Bonchev–Trinajstić information content (AvgIpc) is 3.68. The second kappa shape index (κ2) is 14.0. The van der Waals surface area contributed by atoms with E-state index in [0.717, 1.165) is 82.8 Å². The van der Waals surface area contributed by atoms with E-state index in [1.807, 2.05) is 12.1 Å². The lowest BCUT2D eigenvalue weighted by Gasteiger charge is -2.25. The van der Waals surface area contributed by atoms with Gasteiger partial charge in [0, 0.05) is 38.8 Å². The Bertz CT molecular complexity index is 3180. The fraction of sp³-hybridized carbons (Fsp3) is 0. The van der Waals surface area contributed by atoms with E-state index in [-0.39, 0.29) is 0 Å². The van der Waals surface area contributed by atoms with Crippen LogP contribution in [-0.2, 0) is 0 Å². The molecule has 2 heterocycles. The van der Waals surface area contributed by atoms with Gasteiger partial charge in [0.1, 0.15) is 5.58 Å². The Morgan fingerprint density at radius 3 is 1.52 bits per heavy atom. The molecule has 2 aromatic heterocycles. The van der Waals surface area contributed by atoms with Crippen LogP contribution in [0, 0.1) is 0 Å². The zero-order valence-electron chi connectivity index (χ0n) is 31.3. The number of furan rings is 1. The summed E-state index contributed by atoms with van der Waals surface area (Å²) in [5, 5.41) is 6.48. The van der Waals surface area contributed by atoms with Crippen molar-refractivity contribution >= 4 is 60.5 Å². The van der Waals surface area contributed by atoms with Crippen molar-refractivity contribution in [3.8, 4) is 45.3 Å². The van der Waals surface area contributed by atoms with Crippen molar-refractivity contribution in [2.45, 2.75) is 0 Å². The lowest BCUT2D eigenvalue weighted by Crippen LogP contribution is -2.10. The van der Waals surface area contributed by atoms with E-state index < -0.39 is 0 Å². The molecule has 0 atom stereocenters. The van der Waals surface area contributed by atoms with Gasteiger partial charge in [0.2, 0.25) is 0 Å². The van der Waals surface area contributed by atoms with E-state index in [0.29, 0.717) is 17.5 Å². The van der Waals surface area contributed by atoms with Crippen molar-refractivity contribution < 1.29 is 4.42 Å². The van der Waals surface area contributed by atoms with E-state index in [2.05, 4.69) is 199 Å². The Hall–Kier alpha value is -7.89. The smallest absolute Gasteiger partial charge is 0.164 e. The van der Waals surface area contributed by atoms with Gasteiger partial charge in [0.25, 0.3) is 0 Å². The zero-order chi connectivity index (χ0) is 38.4. The summed E-state index contributed by atoms with van der Waals surface area (Å²) in [5.74, 6) is 1.81. The maximum atomic E-state index is 6.89. The molecule has 5 heteroatoms. The van der Waals surface area contributed by atoms with Crippen LogP contribution in [0.2, 0.25) is 0 Å². The minimum Gasteiger partial charge on any atom is -0.454 e. The van der Waals surface area contributed by atoms with Crippen LogP contribution in [0.4, 0.5) is 17.1 Å². The van der Waals surface area contributed by atoms with Gasteiger partial charge in [-0.25, -0.2) is 15.0 Å². The fourth-order valence-electron chi connectivity index (χ4n) is 8.12. The zero-order valence-corrected chi connectivity index (χ0v) is 31.3. The van der Waals surface area contributed by atoms with E-state index in [1.165, 1.54) is 5.56 Å². The van der Waals surface area contributed by atoms with Crippen molar-refractivity contribution in [2.75, 3.05) is 4.90 Å². The third-order valence-electron chi connectivity index (χ3n) is 10.9. The summed E-state index contributed by atoms with van der Waals surface area (Å²) >= 11 is 0. The summed E-state index contributed by atoms with van der Waals surface area (Å²) < 4.78 is 6.89. The third-order valence-corrected chi connectivity index (χ3v) is 10.9. The van der Waals surface area contributed by atoms with Crippen molar-refractivity contribution in [3.63, 3.8) is 0 Å². The predicted octanol–water partition coefficient (Wildman–Crippen LogP) is 14.2. The van der Waals surface area contributed by atoms with Crippen LogP contribution < -0.4 is 4.90 Å². The number of rotatable bonds is 7. The van der Waals surface area contributed by atoms with Gasteiger partial charge in [0.15, 0.2) is 23.1 Å². The second-order valence-corrected chi connectivity index (χ2v) is 14.4. The number of hydrogen-bond acceptors (Lipinski definition) is 5.